The van der Waals surface area contributed by atoms with E-state index in [-0.39, 0.29) is 17.1 Å². The minimum atomic E-state index is -1.05. The van der Waals surface area contributed by atoms with E-state index in [1.54, 1.807) is 24.5 Å². The van der Waals surface area contributed by atoms with Gasteiger partial charge in [-0.15, -0.1) is 11.8 Å². The van der Waals surface area contributed by atoms with Crippen LogP contribution in [0.5, 0.6) is 0 Å². The summed E-state index contributed by atoms with van der Waals surface area (Å²) in [5.41, 5.74) is 5.27. The number of aromatic nitrogens is 2. The molecule has 0 amide bonds. The summed E-state index contributed by atoms with van der Waals surface area (Å²) in [6, 6.07) is 6.51. The second kappa shape index (κ2) is 8.54. The van der Waals surface area contributed by atoms with Gasteiger partial charge in [0.15, 0.2) is 0 Å². The molecule has 0 bridgehead atoms. The van der Waals surface area contributed by atoms with Crippen molar-refractivity contribution in [2.24, 2.45) is 0 Å². The third-order valence-electron chi connectivity index (χ3n) is 2.08. The van der Waals surface area contributed by atoms with E-state index in [4.69, 9.17) is 15.9 Å². The highest BCUT2D eigenvalue weighted by molar-refractivity contribution is 8.00. The van der Waals surface area contributed by atoms with Gasteiger partial charge >= 0.3 is 11.9 Å². The van der Waals surface area contributed by atoms with Gasteiger partial charge in [0, 0.05) is 23.5 Å². The largest absolute Gasteiger partial charge is 0.481 e. The van der Waals surface area contributed by atoms with E-state index in [9.17, 15) is 9.59 Å². The maximum Gasteiger partial charge on any atom is 0.339 e. The van der Waals surface area contributed by atoms with Crippen molar-refractivity contribution in [2.45, 2.75) is 4.90 Å². The van der Waals surface area contributed by atoms with Gasteiger partial charge in [-0.25, -0.2) is 9.78 Å². The zero-order valence-electron chi connectivity index (χ0n) is 10.8. The first-order valence-electron chi connectivity index (χ1n) is 5.69. The zero-order chi connectivity index (χ0) is 15.7. The quantitative estimate of drug-likeness (QED) is 0.727. The van der Waals surface area contributed by atoms with Gasteiger partial charge in [0.25, 0.3) is 0 Å². The standard InChI is InChI=1S/C7H7NO2S.C6H6N2O2/c9-7(10)5-11-6-1-3-8-4-2-6;7-5-4(6(9)10)2-1-3-8-5/h1-4H,5H2,(H,9,10);1-3H,(H2,7,8)(H,9,10). The Morgan fingerprint density at radius 3 is 2.29 bits per heavy atom. The summed E-state index contributed by atoms with van der Waals surface area (Å²) in [6.07, 6.45) is 4.73. The Morgan fingerprint density at radius 1 is 1.14 bits per heavy atom. The van der Waals surface area contributed by atoms with E-state index >= 15 is 0 Å². The van der Waals surface area contributed by atoms with Crippen LogP contribution in [0.3, 0.4) is 0 Å². The Bertz CT molecular complexity index is 607. The SMILES string of the molecule is Nc1ncccc1C(=O)O.O=C(O)CSc1ccncc1. The lowest BCUT2D eigenvalue weighted by molar-refractivity contribution is -0.133. The van der Waals surface area contributed by atoms with E-state index in [1.165, 1.54) is 30.1 Å². The molecule has 0 aliphatic rings. The van der Waals surface area contributed by atoms with E-state index in [0.717, 1.165) is 4.90 Å². The Kier molecular flexibility index (Phi) is 6.69. The molecule has 0 aliphatic carbocycles. The first-order chi connectivity index (χ1) is 10.0. The van der Waals surface area contributed by atoms with Crippen molar-refractivity contribution in [1.29, 1.82) is 0 Å². The van der Waals surface area contributed by atoms with Crippen LogP contribution in [-0.2, 0) is 4.79 Å². The molecule has 0 atom stereocenters. The average molecular weight is 307 g/mol. The Morgan fingerprint density at radius 2 is 1.81 bits per heavy atom. The number of aliphatic carboxylic acids is 1. The lowest BCUT2D eigenvalue weighted by Crippen LogP contribution is -2.03. The number of carboxylic acids is 2. The highest BCUT2D eigenvalue weighted by Gasteiger charge is 2.05. The number of pyridine rings is 2. The van der Waals surface area contributed by atoms with Crippen LogP contribution < -0.4 is 5.73 Å². The maximum absolute atomic E-state index is 10.3. The van der Waals surface area contributed by atoms with Crippen molar-refractivity contribution in [3.05, 3.63) is 48.4 Å². The fourth-order valence-electron chi connectivity index (χ4n) is 1.18. The highest BCUT2D eigenvalue weighted by Crippen LogP contribution is 2.15. The summed E-state index contributed by atoms with van der Waals surface area (Å²) >= 11 is 1.29. The molecule has 4 N–H and O–H groups in total. The van der Waals surface area contributed by atoms with Gasteiger partial charge < -0.3 is 15.9 Å². The van der Waals surface area contributed by atoms with Gasteiger partial charge in [-0.1, -0.05) is 0 Å². The smallest absolute Gasteiger partial charge is 0.339 e. The van der Waals surface area contributed by atoms with Crippen LogP contribution in [0, 0.1) is 0 Å². The van der Waals surface area contributed by atoms with Crippen molar-refractivity contribution in [3.63, 3.8) is 0 Å². The Hall–Kier alpha value is -2.61. The molecular weight excluding hydrogens is 294 g/mol. The van der Waals surface area contributed by atoms with Crippen LogP contribution >= 0.6 is 11.8 Å². The molecule has 2 heterocycles. The van der Waals surface area contributed by atoms with Crippen LogP contribution in [0.1, 0.15) is 10.4 Å². The summed E-state index contributed by atoms with van der Waals surface area (Å²) in [6.45, 7) is 0. The molecule has 0 spiro atoms. The van der Waals surface area contributed by atoms with Gasteiger partial charge in [0.2, 0.25) is 0 Å². The molecule has 0 unspecified atom stereocenters. The second-order valence-electron chi connectivity index (χ2n) is 3.61. The summed E-state index contributed by atoms with van der Waals surface area (Å²) in [5, 5.41) is 16.8. The number of carbonyl (C=O) groups is 2. The lowest BCUT2D eigenvalue weighted by atomic mass is 10.3. The zero-order valence-corrected chi connectivity index (χ0v) is 11.7. The molecule has 8 heteroatoms. The summed E-state index contributed by atoms with van der Waals surface area (Å²) in [5.74, 6) is -1.70. The van der Waals surface area contributed by atoms with Crippen molar-refractivity contribution in [3.8, 4) is 0 Å². The number of nitrogens with two attached hydrogens (primary N) is 1. The number of aromatic carboxylic acids is 1. The molecule has 0 radical (unpaired) electrons. The van der Waals surface area contributed by atoms with Gasteiger partial charge in [0.05, 0.1) is 5.75 Å². The predicted molar refractivity (Wildman–Crippen MR) is 78.2 cm³/mol. The van der Waals surface area contributed by atoms with Crippen LogP contribution in [0.4, 0.5) is 5.82 Å². The van der Waals surface area contributed by atoms with E-state index in [2.05, 4.69) is 9.97 Å². The molecule has 21 heavy (non-hydrogen) atoms. The lowest BCUT2D eigenvalue weighted by Gasteiger charge is -1.95. The molecule has 0 aliphatic heterocycles. The third kappa shape index (κ3) is 6.39. The molecule has 2 aromatic heterocycles. The molecule has 0 aromatic carbocycles. The molecular formula is C13H13N3O4S. The number of rotatable bonds is 4. The second-order valence-corrected chi connectivity index (χ2v) is 4.66. The summed E-state index contributed by atoms with van der Waals surface area (Å²) in [4.78, 5) is 28.8. The van der Waals surface area contributed by atoms with Crippen LogP contribution in [0.2, 0.25) is 0 Å². The summed E-state index contributed by atoms with van der Waals surface area (Å²) < 4.78 is 0. The van der Waals surface area contributed by atoms with E-state index < -0.39 is 11.9 Å². The van der Waals surface area contributed by atoms with Crippen molar-refractivity contribution < 1.29 is 19.8 Å². The molecule has 0 saturated heterocycles. The number of anilines is 1. The topological polar surface area (TPSA) is 126 Å². The van der Waals surface area contributed by atoms with Gasteiger partial charge in [-0.3, -0.25) is 9.78 Å². The summed E-state index contributed by atoms with van der Waals surface area (Å²) in [7, 11) is 0. The van der Waals surface area contributed by atoms with Gasteiger partial charge in [0.1, 0.15) is 11.4 Å². The normalized spacial score (nSPS) is 9.33. The first-order valence-corrected chi connectivity index (χ1v) is 6.67. The van der Waals surface area contributed by atoms with E-state index in [0.29, 0.717) is 0 Å². The minimum Gasteiger partial charge on any atom is -0.481 e. The number of hydrogen-bond donors (Lipinski definition) is 3. The number of thioether (sulfide) groups is 1. The maximum atomic E-state index is 10.3. The van der Waals surface area contributed by atoms with Crippen LogP contribution in [-0.4, -0.2) is 37.9 Å². The number of nitrogen functional groups attached to an aromatic ring is 1. The van der Waals surface area contributed by atoms with Crippen LogP contribution in [0.15, 0.2) is 47.8 Å². The Labute approximate surface area is 124 Å². The predicted octanol–water partition coefficient (Wildman–Crippen LogP) is 1.62. The molecule has 0 fully saturated rings. The molecule has 2 aromatic rings. The number of hydrogen-bond acceptors (Lipinski definition) is 6. The fraction of sp³-hybridized carbons (Fsp3) is 0.0769. The van der Waals surface area contributed by atoms with E-state index in [1.807, 2.05) is 0 Å². The number of nitrogens with zero attached hydrogens (tertiary/aromatic N) is 2. The first kappa shape index (κ1) is 16.4. The third-order valence-corrected chi connectivity index (χ3v) is 3.08. The fourth-order valence-corrected chi connectivity index (χ4v) is 1.78. The van der Waals surface area contributed by atoms with Crippen LogP contribution in [0.25, 0.3) is 0 Å². The molecule has 7 nitrogen and oxygen atoms in total. The molecule has 0 saturated carbocycles. The average Bonchev–Trinajstić information content (AvgIpc) is 2.47. The van der Waals surface area contributed by atoms with Gasteiger partial charge in [-0.05, 0) is 24.3 Å². The highest BCUT2D eigenvalue weighted by atomic mass is 32.2. The monoisotopic (exact) mass is 307 g/mol. The van der Waals surface area contributed by atoms with Crippen molar-refractivity contribution >= 4 is 29.5 Å². The molecule has 110 valence electrons. The van der Waals surface area contributed by atoms with Crippen molar-refractivity contribution in [2.75, 3.05) is 11.5 Å². The number of carboxylic acid groups (broad SMARTS) is 2. The van der Waals surface area contributed by atoms with Crippen molar-refractivity contribution in [1.82, 2.24) is 9.97 Å². The van der Waals surface area contributed by atoms with Gasteiger partial charge in [-0.2, -0.15) is 0 Å². The molecule has 2 rings (SSSR count). The minimum absolute atomic E-state index is 0.0440. The Balaban J connectivity index is 0.000000211.